The van der Waals surface area contributed by atoms with Crippen LogP contribution < -0.4 is 9.47 Å². The maximum Gasteiger partial charge on any atom is 0.170 e. The molecule has 0 saturated heterocycles. The van der Waals surface area contributed by atoms with Gasteiger partial charge < -0.3 is 18.9 Å². The Hall–Kier alpha value is -2.08. The van der Waals surface area contributed by atoms with Crippen molar-refractivity contribution in [2.24, 2.45) is 0 Å². The van der Waals surface area contributed by atoms with E-state index in [9.17, 15) is 0 Å². The number of likely N-dealkylation sites (N-methyl/N-ethyl adjacent to an activating group) is 1. The molecule has 152 valence electrons. The van der Waals surface area contributed by atoms with Crippen LogP contribution in [0.5, 0.6) is 11.5 Å². The number of nitrogens with zero attached hydrogens (tertiary/aromatic N) is 1. The fourth-order valence-electron chi connectivity index (χ4n) is 3.86. The van der Waals surface area contributed by atoms with Crippen LogP contribution in [0.25, 0.3) is 0 Å². The van der Waals surface area contributed by atoms with Crippen molar-refractivity contribution in [3.63, 3.8) is 0 Å². The van der Waals surface area contributed by atoms with Gasteiger partial charge in [0.15, 0.2) is 6.29 Å². The minimum atomic E-state index is -0.247. The molecule has 2 aromatic carbocycles. The highest BCUT2D eigenvalue weighted by atomic mass is 16.7. The normalized spacial score (nSPS) is 18.8. The predicted octanol–water partition coefficient (Wildman–Crippen LogP) is 3.92. The molecular formula is C23H31NO4. The molecule has 0 spiro atoms. The third-order valence-electron chi connectivity index (χ3n) is 5.21. The van der Waals surface area contributed by atoms with Gasteiger partial charge in [0, 0.05) is 31.2 Å². The number of methoxy groups -OCH3 is 1. The average molecular weight is 386 g/mol. The molecule has 0 unspecified atom stereocenters. The summed E-state index contributed by atoms with van der Waals surface area (Å²) >= 11 is 0. The van der Waals surface area contributed by atoms with Gasteiger partial charge in [-0.15, -0.1) is 0 Å². The smallest absolute Gasteiger partial charge is 0.170 e. The van der Waals surface area contributed by atoms with Gasteiger partial charge in [-0.3, -0.25) is 4.90 Å². The lowest BCUT2D eigenvalue weighted by atomic mass is 9.82. The van der Waals surface area contributed by atoms with Gasteiger partial charge in [-0.05, 0) is 44.7 Å². The topological polar surface area (TPSA) is 40.2 Å². The Morgan fingerprint density at radius 3 is 2.54 bits per heavy atom. The predicted molar refractivity (Wildman–Crippen MR) is 110 cm³/mol. The Bertz CT molecular complexity index is 745. The zero-order chi connectivity index (χ0) is 19.9. The third-order valence-corrected chi connectivity index (χ3v) is 5.21. The van der Waals surface area contributed by atoms with E-state index in [2.05, 4.69) is 36.2 Å². The van der Waals surface area contributed by atoms with Gasteiger partial charge in [0.25, 0.3) is 0 Å². The van der Waals surface area contributed by atoms with Crippen LogP contribution in [0.15, 0.2) is 48.5 Å². The number of benzene rings is 2. The van der Waals surface area contributed by atoms with Gasteiger partial charge in [0.1, 0.15) is 18.1 Å². The van der Waals surface area contributed by atoms with Crippen LogP contribution in [0.4, 0.5) is 0 Å². The Labute approximate surface area is 168 Å². The van der Waals surface area contributed by atoms with Crippen molar-refractivity contribution in [2.45, 2.75) is 32.1 Å². The van der Waals surface area contributed by atoms with Gasteiger partial charge in [-0.25, -0.2) is 0 Å². The summed E-state index contributed by atoms with van der Waals surface area (Å²) in [4.78, 5) is 2.29. The van der Waals surface area contributed by atoms with Crippen molar-refractivity contribution in [3.05, 3.63) is 59.7 Å². The maximum atomic E-state index is 6.11. The summed E-state index contributed by atoms with van der Waals surface area (Å²) < 4.78 is 23.1. The van der Waals surface area contributed by atoms with Gasteiger partial charge in [-0.1, -0.05) is 30.3 Å². The van der Waals surface area contributed by atoms with Crippen molar-refractivity contribution in [3.8, 4) is 11.5 Å². The lowest BCUT2D eigenvalue weighted by Gasteiger charge is -2.40. The van der Waals surface area contributed by atoms with Crippen molar-refractivity contribution < 1.29 is 18.9 Å². The molecule has 3 rings (SSSR count). The average Bonchev–Trinajstić information content (AvgIpc) is 2.73. The molecule has 0 fully saturated rings. The summed E-state index contributed by atoms with van der Waals surface area (Å²) in [5.41, 5.74) is 2.42. The summed E-state index contributed by atoms with van der Waals surface area (Å²) in [6.45, 7) is 6.53. The molecule has 0 bridgehead atoms. The minimum absolute atomic E-state index is 0.158. The quantitative estimate of drug-likeness (QED) is 0.612. The van der Waals surface area contributed by atoms with Gasteiger partial charge >= 0.3 is 0 Å². The lowest BCUT2D eigenvalue weighted by Crippen LogP contribution is -2.47. The molecular weight excluding hydrogens is 354 g/mol. The Morgan fingerprint density at radius 2 is 1.82 bits per heavy atom. The molecule has 2 atom stereocenters. The zero-order valence-electron chi connectivity index (χ0n) is 17.3. The van der Waals surface area contributed by atoms with Crippen LogP contribution in [0.1, 0.15) is 30.9 Å². The van der Waals surface area contributed by atoms with Crippen molar-refractivity contribution in [1.82, 2.24) is 4.90 Å². The molecule has 1 heterocycles. The molecule has 1 aliphatic rings. The fourth-order valence-corrected chi connectivity index (χ4v) is 3.86. The second-order valence-electron chi connectivity index (χ2n) is 6.95. The van der Waals surface area contributed by atoms with Crippen LogP contribution in [0.2, 0.25) is 0 Å². The molecule has 0 amide bonds. The third kappa shape index (κ3) is 4.66. The van der Waals surface area contributed by atoms with E-state index in [1.165, 1.54) is 11.1 Å². The van der Waals surface area contributed by atoms with Crippen LogP contribution in [-0.4, -0.2) is 57.8 Å². The number of hydrogen-bond acceptors (Lipinski definition) is 5. The summed E-state index contributed by atoms with van der Waals surface area (Å²) in [5, 5.41) is 0. The number of hydrogen-bond donors (Lipinski definition) is 0. The SMILES string of the molecule is CCOC(CN(C)[C@@H]1COc2ccccc2[C@H]1c1cccc(OC)c1)OCC. The highest BCUT2D eigenvalue weighted by Crippen LogP contribution is 2.40. The van der Waals surface area contributed by atoms with Gasteiger partial charge in [0.2, 0.25) is 0 Å². The Kier molecular flexibility index (Phi) is 7.31. The Balaban J connectivity index is 1.92. The van der Waals surface area contributed by atoms with Gasteiger partial charge in [0.05, 0.1) is 13.2 Å². The number of para-hydroxylation sites is 1. The first-order chi connectivity index (χ1) is 13.7. The molecule has 0 aliphatic carbocycles. The summed E-state index contributed by atoms with van der Waals surface area (Å²) in [5.74, 6) is 1.99. The Morgan fingerprint density at radius 1 is 1.07 bits per heavy atom. The first-order valence-corrected chi connectivity index (χ1v) is 9.97. The second-order valence-corrected chi connectivity index (χ2v) is 6.95. The first kappa shape index (κ1) is 20.6. The van der Waals surface area contributed by atoms with Crippen LogP contribution >= 0.6 is 0 Å². The molecule has 2 aromatic rings. The van der Waals surface area contributed by atoms with E-state index in [0.29, 0.717) is 26.4 Å². The zero-order valence-corrected chi connectivity index (χ0v) is 17.3. The molecule has 5 heteroatoms. The fraction of sp³-hybridized carbons (Fsp3) is 0.478. The highest BCUT2D eigenvalue weighted by molar-refractivity contribution is 5.46. The number of ether oxygens (including phenoxy) is 4. The van der Waals surface area contributed by atoms with E-state index in [0.717, 1.165) is 11.5 Å². The largest absolute Gasteiger partial charge is 0.497 e. The molecule has 5 nitrogen and oxygen atoms in total. The molecule has 28 heavy (non-hydrogen) atoms. The van der Waals surface area contributed by atoms with E-state index in [1.54, 1.807) is 7.11 Å². The molecule has 0 aromatic heterocycles. The van der Waals surface area contributed by atoms with Crippen LogP contribution in [-0.2, 0) is 9.47 Å². The van der Waals surface area contributed by atoms with Crippen molar-refractivity contribution in [2.75, 3.05) is 40.5 Å². The van der Waals surface area contributed by atoms with E-state index in [-0.39, 0.29) is 18.2 Å². The maximum absolute atomic E-state index is 6.11. The highest BCUT2D eigenvalue weighted by Gasteiger charge is 2.35. The molecule has 0 radical (unpaired) electrons. The lowest BCUT2D eigenvalue weighted by molar-refractivity contribution is -0.149. The summed E-state index contributed by atoms with van der Waals surface area (Å²) in [6.07, 6.45) is -0.247. The van der Waals surface area contributed by atoms with E-state index >= 15 is 0 Å². The minimum Gasteiger partial charge on any atom is -0.497 e. The van der Waals surface area contributed by atoms with E-state index in [1.807, 2.05) is 38.1 Å². The second kappa shape index (κ2) is 9.92. The summed E-state index contributed by atoms with van der Waals surface area (Å²) in [6, 6.07) is 16.8. The molecule has 0 N–H and O–H groups in total. The first-order valence-electron chi connectivity index (χ1n) is 9.97. The van der Waals surface area contributed by atoms with Crippen LogP contribution in [0.3, 0.4) is 0 Å². The monoisotopic (exact) mass is 385 g/mol. The number of fused-ring (bicyclic) bond motifs is 1. The summed E-state index contributed by atoms with van der Waals surface area (Å²) in [7, 11) is 3.82. The van der Waals surface area contributed by atoms with Gasteiger partial charge in [-0.2, -0.15) is 0 Å². The molecule has 1 aliphatic heterocycles. The van der Waals surface area contributed by atoms with E-state index < -0.39 is 0 Å². The number of rotatable bonds is 9. The standard InChI is InChI=1S/C23H31NO4/c1-5-26-22(27-6-2)15-24(3)20-16-28-21-13-8-7-12-19(21)23(20)17-10-9-11-18(14-17)25-4/h7-14,20,22-23H,5-6,15-16H2,1-4H3/t20-,23-/m1/s1. The van der Waals surface area contributed by atoms with E-state index in [4.69, 9.17) is 18.9 Å². The van der Waals surface area contributed by atoms with Crippen molar-refractivity contribution in [1.29, 1.82) is 0 Å². The van der Waals surface area contributed by atoms with Crippen molar-refractivity contribution >= 4 is 0 Å². The van der Waals surface area contributed by atoms with Crippen LogP contribution in [0, 0.1) is 0 Å². The molecule has 0 saturated carbocycles.